The smallest absolute Gasteiger partial charge is 0.251 e. The maximum atomic E-state index is 12.2. The van der Waals surface area contributed by atoms with Crippen molar-refractivity contribution in [3.63, 3.8) is 0 Å². The normalized spacial score (nSPS) is 23.7. The molecular weight excluding hydrogens is 308 g/mol. The van der Waals surface area contributed by atoms with E-state index in [4.69, 9.17) is 0 Å². The van der Waals surface area contributed by atoms with Gasteiger partial charge in [-0.3, -0.25) is 9.59 Å². The molecule has 1 amide bonds. The molecule has 0 spiro atoms. The molecule has 0 bridgehead atoms. The summed E-state index contributed by atoms with van der Waals surface area (Å²) in [5.41, 5.74) is 0.274. The molecule has 1 N–H and O–H groups in total. The third-order valence-electron chi connectivity index (χ3n) is 3.61. The number of alkyl halides is 1. The Morgan fingerprint density at radius 3 is 2.84 bits per heavy atom. The highest BCUT2D eigenvalue weighted by Gasteiger charge is 2.23. The lowest BCUT2D eigenvalue weighted by molar-refractivity contribution is 0.0934. The van der Waals surface area contributed by atoms with Gasteiger partial charge in [0, 0.05) is 35.7 Å². The van der Waals surface area contributed by atoms with Crippen LogP contribution in [0, 0.1) is 0 Å². The molecule has 1 saturated carbocycles. The van der Waals surface area contributed by atoms with Crippen LogP contribution in [0.4, 0.5) is 0 Å². The minimum atomic E-state index is -0.163. The summed E-state index contributed by atoms with van der Waals surface area (Å²) < 4.78 is 1.45. The number of pyridine rings is 1. The van der Waals surface area contributed by atoms with Crippen LogP contribution in [0.2, 0.25) is 0 Å². The van der Waals surface area contributed by atoms with E-state index >= 15 is 0 Å². The van der Waals surface area contributed by atoms with Gasteiger partial charge in [-0.2, -0.15) is 0 Å². The van der Waals surface area contributed by atoms with Crippen molar-refractivity contribution in [1.82, 2.24) is 9.88 Å². The molecule has 1 aromatic heterocycles. The minimum absolute atomic E-state index is 0.152. The molecule has 2 unspecified atom stereocenters. The summed E-state index contributed by atoms with van der Waals surface area (Å²) in [4.78, 5) is 24.0. The summed E-state index contributed by atoms with van der Waals surface area (Å²) in [6.07, 6.45) is 7.27. The van der Waals surface area contributed by atoms with Gasteiger partial charge >= 0.3 is 0 Å². The molecule has 0 radical (unpaired) electrons. The van der Waals surface area contributed by atoms with Gasteiger partial charge < -0.3 is 9.88 Å². The molecule has 4 nitrogen and oxygen atoms in total. The van der Waals surface area contributed by atoms with E-state index in [2.05, 4.69) is 21.2 Å². The van der Waals surface area contributed by atoms with Gasteiger partial charge in [-0.15, -0.1) is 0 Å². The molecule has 0 aromatic carbocycles. The molecule has 1 heterocycles. The summed E-state index contributed by atoms with van der Waals surface area (Å²) in [6, 6.07) is 3.21. The Balaban J connectivity index is 2.07. The molecule has 0 saturated heterocycles. The van der Waals surface area contributed by atoms with Crippen LogP contribution >= 0.6 is 15.9 Å². The Morgan fingerprint density at radius 1 is 1.37 bits per heavy atom. The molecule has 5 heteroatoms. The van der Waals surface area contributed by atoms with Gasteiger partial charge in [0.05, 0.1) is 0 Å². The van der Waals surface area contributed by atoms with E-state index in [1.165, 1.54) is 23.5 Å². The Labute approximate surface area is 121 Å². The number of halogens is 1. The summed E-state index contributed by atoms with van der Waals surface area (Å²) >= 11 is 3.65. The SMILES string of the molecule is Cn1ccc(C(=O)NC2CCCCCC2Br)cc1=O. The fourth-order valence-electron chi connectivity index (χ4n) is 2.37. The lowest BCUT2D eigenvalue weighted by atomic mass is 10.1. The molecule has 1 aromatic rings. The number of nitrogens with one attached hydrogen (secondary N) is 1. The van der Waals surface area contributed by atoms with Crippen molar-refractivity contribution in [3.8, 4) is 0 Å². The molecule has 1 aliphatic carbocycles. The first-order chi connectivity index (χ1) is 9.08. The lowest BCUT2D eigenvalue weighted by Crippen LogP contribution is -2.40. The van der Waals surface area contributed by atoms with E-state index in [9.17, 15) is 9.59 Å². The molecule has 104 valence electrons. The Hall–Kier alpha value is -1.10. The monoisotopic (exact) mass is 326 g/mol. The van der Waals surface area contributed by atoms with E-state index in [1.807, 2.05) is 0 Å². The average Bonchev–Trinajstić information content (AvgIpc) is 2.58. The highest BCUT2D eigenvalue weighted by molar-refractivity contribution is 9.09. The number of amides is 1. The van der Waals surface area contributed by atoms with E-state index in [1.54, 1.807) is 19.3 Å². The maximum absolute atomic E-state index is 12.2. The highest BCUT2D eigenvalue weighted by Crippen LogP contribution is 2.23. The second kappa shape index (κ2) is 6.37. The van der Waals surface area contributed by atoms with Crippen molar-refractivity contribution >= 4 is 21.8 Å². The van der Waals surface area contributed by atoms with Gasteiger partial charge in [0.25, 0.3) is 11.5 Å². The van der Waals surface area contributed by atoms with Crippen LogP contribution in [0.5, 0.6) is 0 Å². The van der Waals surface area contributed by atoms with Gasteiger partial charge in [-0.05, 0) is 18.9 Å². The fourth-order valence-corrected chi connectivity index (χ4v) is 3.09. The van der Waals surface area contributed by atoms with Crippen molar-refractivity contribution in [2.45, 2.75) is 43.0 Å². The number of aromatic nitrogens is 1. The standard InChI is InChI=1S/C14H19BrN2O2/c1-17-8-7-10(9-13(17)18)14(19)16-12-6-4-2-3-5-11(12)15/h7-9,11-12H,2-6H2,1H3,(H,16,19). The first kappa shape index (κ1) is 14.3. The van der Waals surface area contributed by atoms with Crippen molar-refractivity contribution in [3.05, 3.63) is 34.2 Å². The predicted molar refractivity (Wildman–Crippen MR) is 78.7 cm³/mol. The van der Waals surface area contributed by atoms with Gasteiger partial charge in [-0.25, -0.2) is 0 Å². The van der Waals surface area contributed by atoms with Crippen LogP contribution in [-0.4, -0.2) is 21.3 Å². The highest BCUT2D eigenvalue weighted by atomic mass is 79.9. The Kier molecular flexibility index (Phi) is 4.80. The Bertz CT molecular complexity index is 512. The number of aryl methyl sites for hydroxylation is 1. The van der Waals surface area contributed by atoms with E-state index < -0.39 is 0 Å². The fraction of sp³-hybridized carbons (Fsp3) is 0.571. The van der Waals surface area contributed by atoms with Crippen molar-refractivity contribution in [2.24, 2.45) is 7.05 Å². The largest absolute Gasteiger partial charge is 0.348 e. The second-order valence-electron chi connectivity index (χ2n) is 5.10. The maximum Gasteiger partial charge on any atom is 0.251 e. The molecular formula is C14H19BrN2O2. The number of nitrogens with zero attached hydrogens (tertiary/aromatic N) is 1. The van der Waals surface area contributed by atoms with Crippen LogP contribution in [0.3, 0.4) is 0 Å². The van der Waals surface area contributed by atoms with E-state index in [0.29, 0.717) is 10.4 Å². The molecule has 1 aliphatic rings. The first-order valence-corrected chi connectivity index (χ1v) is 7.61. The third kappa shape index (κ3) is 3.69. The minimum Gasteiger partial charge on any atom is -0.348 e. The van der Waals surface area contributed by atoms with Gasteiger partial charge in [0.15, 0.2) is 0 Å². The topological polar surface area (TPSA) is 51.1 Å². The predicted octanol–water partition coefficient (Wildman–Crippen LogP) is 2.21. The molecule has 2 atom stereocenters. The number of hydrogen-bond donors (Lipinski definition) is 1. The van der Waals surface area contributed by atoms with E-state index in [0.717, 1.165) is 19.3 Å². The summed E-state index contributed by atoms with van der Waals surface area (Å²) in [7, 11) is 1.67. The Morgan fingerprint density at radius 2 is 2.11 bits per heavy atom. The molecule has 19 heavy (non-hydrogen) atoms. The molecule has 2 rings (SSSR count). The van der Waals surface area contributed by atoms with Gasteiger partial charge in [0.2, 0.25) is 0 Å². The first-order valence-electron chi connectivity index (χ1n) is 6.69. The van der Waals surface area contributed by atoms with Gasteiger partial charge in [0.1, 0.15) is 0 Å². The second-order valence-corrected chi connectivity index (χ2v) is 6.27. The van der Waals surface area contributed by atoms with Crippen LogP contribution < -0.4 is 10.9 Å². The lowest BCUT2D eigenvalue weighted by Gasteiger charge is -2.21. The zero-order valence-corrected chi connectivity index (χ0v) is 12.6. The number of carbonyl (C=O) groups is 1. The third-order valence-corrected chi connectivity index (χ3v) is 4.71. The van der Waals surface area contributed by atoms with Crippen LogP contribution in [0.1, 0.15) is 42.5 Å². The number of rotatable bonds is 2. The van der Waals surface area contributed by atoms with Crippen LogP contribution in [-0.2, 0) is 7.05 Å². The van der Waals surface area contributed by atoms with Crippen LogP contribution in [0.25, 0.3) is 0 Å². The van der Waals surface area contributed by atoms with Crippen molar-refractivity contribution in [1.29, 1.82) is 0 Å². The zero-order valence-electron chi connectivity index (χ0n) is 11.1. The molecule has 1 fully saturated rings. The quantitative estimate of drug-likeness (QED) is 0.669. The summed E-state index contributed by atoms with van der Waals surface area (Å²) in [6.45, 7) is 0. The van der Waals surface area contributed by atoms with Crippen molar-refractivity contribution < 1.29 is 4.79 Å². The van der Waals surface area contributed by atoms with Crippen LogP contribution in [0.15, 0.2) is 23.1 Å². The van der Waals surface area contributed by atoms with E-state index in [-0.39, 0.29) is 17.5 Å². The van der Waals surface area contributed by atoms with Gasteiger partial charge in [-0.1, -0.05) is 35.2 Å². The summed E-state index contributed by atoms with van der Waals surface area (Å²) in [5, 5.41) is 3.04. The number of carbonyl (C=O) groups excluding carboxylic acids is 1. The zero-order chi connectivity index (χ0) is 13.8. The molecule has 0 aliphatic heterocycles. The number of hydrogen-bond acceptors (Lipinski definition) is 2. The van der Waals surface area contributed by atoms with Crippen molar-refractivity contribution in [2.75, 3.05) is 0 Å². The summed E-state index contributed by atoms with van der Waals surface area (Å²) in [5.74, 6) is -0.158. The average molecular weight is 327 g/mol.